The zero-order valence-electron chi connectivity index (χ0n) is 7.41. The van der Waals surface area contributed by atoms with Gasteiger partial charge in [0.2, 0.25) is 0 Å². The first-order valence-corrected chi connectivity index (χ1v) is 4.12. The average molecular weight is 170 g/mol. The highest BCUT2D eigenvalue weighted by Crippen LogP contribution is 2.12. The molecule has 1 rings (SSSR count). The van der Waals surface area contributed by atoms with Gasteiger partial charge < -0.3 is 10.5 Å². The maximum Gasteiger partial charge on any atom is 0.331 e. The lowest BCUT2D eigenvalue weighted by Gasteiger charge is -2.10. The first-order chi connectivity index (χ1) is 5.59. The summed E-state index contributed by atoms with van der Waals surface area (Å²) >= 11 is 0. The number of carbonyl (C=O) groups excluding carboxylic acids is 1. The van der Waals surface area contributed by atoms with Gasteiger partial charge in [-0.25, -0.2) is 4.79 Å². The van der Waals surface area contributed by atoms with Crippen LogP contribution in [-0.2, 0) is 9.53 Å². The highest BCUT2D eigenvalue weighted by atomic mass is 16.5. The van der Waals surface area contributed by atoms with Crippen LogP contribution in [0.15, 0.2) is 4.99 Å². The van der Waals surface area contributed by atoms with Crippen LogP contribution in [0.2, 0.25) is 0 Å². The van der Waals surface area contributed by atoms with Gasteiger partial charge in [-0.2, -0.15) is 0 Å². The Balaban J connectivity index is 2.44. The fraction of sp³-hybridized carbons (Fsp3) is 0.750. The zero-order chi connectivity index (χ0) is 9.14. The fourth-order valence-electron chi connectivity index (χ4n) is 1.10. The molecule has 0 aromatic heterocycles. The molecule has 0 saturated carbocycles. The minimum Gasteiger partial charge on any atom is -0.461 e. The van der Waals surface area contributed by atoms with E-state index in [2.05, 4.69) is 4.99 Å². The predicted octanol–water partition coefficient (Wildman–Crippen LogP) is 0.458. The number of amidine groups is 1. The van der Waals surface area contributed by atoms with Crippen molar-refractivity contribution in [2.45, 2.75) is 38.8 Å². The van der Waals surface area contributed by atoms with Crippen LogP contribution < -0.4 is 5.73 Å². The number of nitrogens with two attached hydrogens (primary N) is 1. The molecule has 0 aromatic rings. The summed E-state index contributed by atoms with van der Waals surface area (Å²) in [6.07, 6.45) is 1.32. The Kier molecular flexibility index (Phi) is 2.68. The van der Waals surface area contributed by atoms with Crippen LogP contribution in [0.4, 0.5) is 0 Å². The number of ether oxygens (including phenoxy) is 1. The number of hydrogen-bond donors (Lipinski definition) is 1. The van der Waals surface area contributed by atoms with E-state index in [1.54, 1.807) is 0 Å². The summed E-state index contributed by atoms with van der Waals surface area (Å²) in [5.74, 6) is 0.297. The molecule has 1 heterocycles. The van der Waals surface area contributed by atoms with E-state index in [4.69, 9.17) is 10.5 Å². The molecule has 12 heavy (non-hydrogen) atoms. The average Bonchev–Trinajstić information content (AvgIpc) is 2.34. The first-order valence-electron chi connectivity index (χ1n) is 4.12. The van der Waals surface area contributed by atoms with Gasteiger partial charge in [0.15, 0.2) is 0 Å². The zero-order valence-corrected chi connectivity index (χ0v) is 7.41. The van der Waals surface area contributed by atoms with Crippen LogP contribution in [0.1, 0.15) is 26.7 Å². The van der Waals surface area contributed by atoms with E-state index in [0.29, 0.717) is 18.7 Å². The van der Waals surface area contributed by atoms with E-state index in [9.17, 15) is 4.79 Å². The molecule has 0 unspecified atom stereocenters. The smallest absolute Gasteiger partial charge is 0.331 e. The SMILES string of the molecule is CC(C)OC(=O)[C@H]1CCC(N)=N1. The molecule has 0 spiro atoms. The maximum atomic E-state index is 11.2. The molecule has 68 valence electrons. The summed E-state index contributed by atoms with van der Waals surface area (Å²) in [5, 5.41) is 0. The molecule has 4 heteroatoms. The van der Waals surface area contributed by atoms with Gasteiger partial charge in [-0.1, -0.05) is 0 Å². The van der Waals surface area contributed by atoms with E-state index in [-0.39, 0.29) is 18.1 Å². The van der Waals surface area contributed by atoms with Crippen molar-refractivity contribution in [3.05, 3.63) is 0 Å². The molecule has 1 aliphatic heterocycles. The van der Waals surface area contributed by atoms with Crippen LogP contribution in [0.25, 0.3) is 0 Å². The molecular formula is C8H14N2O2. The van der Waals surface area contributed by atoms with Crippen molar-refractivity contribution >= 4 is 11.8 Å². The first kappa shape index (κ1) is 9.03. The second-order valence-corrected chi connectivity index (χ2v) is 3.16. The molecule has 0 bridgehead atoms. The lowest BCUT2D eigenvalue weighted by molar-refractivity contribution is -0.148. The predicted molar refractivity (Wildman–Crippen MR) is 45.9 cm³/mol. The van der Waals surface area contributed by atoms with Gasteiger partial charge >= 0.3 is 5.97 Å². The third-order valence-corrected chi connectivity index (χ3v) is 1.62. The fourth-order valence-corrected chi connectivity index (χ4v) is 1.10. The number of carbonyl (C=O) groups is 1. The molecule has 0 aliphatic carbocycles. The Morgan fingerprint density at radius 2 is 2.42 bits per heavy atom. The maximum absolute atomic E-state index is 11.2. The van der Waals surface area contributed by atoms with Crippen molar-refractivity contribution in [1.29, 1.82) is 0 Å². The monoisotopic (exact) mass is 170 g/mol. The Bertz CT molecular complexity index is 211. The number of rotatable bonds is 2. The molecule has 0 amide bonds. The summed E-state index contributed by atoms with van der Waals surface area (Å²) < 4.78 is 4.98. The second-order valence-electron chi connectivity index (χ2n) is 3.16. The molecule has 0 fully saturated rings. The second kappa shape index (κ2) is 3.56. The van der Waals surface area contributed by atoms with Gasteiger partial charge in [0.05, 0.1) is 11.9 Å². The standard InChI is InChI=1S/C8H14N2O2/c1-5(2)12-8(11)6-3-4-7(9)10-6/h5-6H,3-4H2,1-2H3,(H2,9,10)/t6-/m1/s1. The van der Waals surface area contributed by atoms with Crippen LogP contribution in [0.3, 0.4) is 0 Å². The van der Waals surface area contributed by atoms with Crippen molar-refractivity contribution in [1.82, 2.24) is 0 Å². The van der Waals surface area contributed by atoms with Crippen molar-refractivity contribution in [3.8, 4) is 0 Å². The Hall–Kier alpha value is -1.06. The highest BCUT2D eigenvalue weighted by molar-refractivity contribution is 5.88. The van der Waals surface area contributed by atoms with Crippen molar-refractivity contribution in [2.75, 3.05) is 0 Å². The van der Waals surface area contributed by atoms with Crippen LogP contribution in [0.5, 0.6) is 0 Å². The largest absolute Gasteiger partial charge is 0.461 e. The molecule has 2 N–H and O–H groups in total. The topological polar surface area (TPSA) is 64.7 Å². The molecule has 1 aliphatic rings. The Morgan fingerprint density at radius 1 is 1.75 bits per heavy atom. The van der Waals surface area contributed by atoms with E-state index >= 15 is 0 Å². The summed E-state index contributed by atoms with van der Waals surface area (Å²) in [5.41, 5.74) is 5.44. The summed E-state index contributed by atoms with van der Waals surface area (Å²) in [7, 11) is 0. The molecule has 0 saturated heterocycles. The number of hydrogen-bond acceptors (Lipinski definition) is 4. The third kappa shape index (κ3) is 2.22. The lowest BCUT2D eigenvalue weighted by atomic mass is 10.2. The summed E-state index contributed by atoms with van der Waals surface area (Å²) in [6.45, 7) is 3.64. The van der Waals surface area contributed by atoms with Crippen molar-refractivity contribution in [2.24, 2.45) is 10.7 Å². The normalized spacial score (nSPS) is 22.6. The summed E-state index contributed by atoms with van der Waals surface area (Å²) in [4.78, 5) is 15.2. The number of nitrogens with zero attached hydrogens (tertiary/aromatic N) is 1. The summed E-state index contributed by atoms with van der Waals surface area (Å²) in [6, 6.07) is -0.354. The minimum atomic E-state index is -0.354. The van der Waals surface area contributed by atoms with Crippen LogP contribution in [-0.4, -0.2) is 24.0 Å². The van der Waals surface area contributed by atoms with Crippen LogP contribution in [0, 0.1) is 0 Å². The Morgan fingerprint density at radius 3 is 2.83 bits per heavy atom. The molecule has 4 nitrogen and oxygen atoms in total. The van der Waals surface area contributed by atoms with Gasteiger partial charge in [-0.3, -0.25) is 4.99 Å². The number of esters is 1. The van der Waals surface area contributed by atoms with E-state index in [0.717, 1.165) is 0 Å². The van der Waals surface area contributed by atoms with Crippen LogP contribution >= 0.6 is 0 Å². The van der Waals surface area contributed by atoms with E-state index in [1.807, 2.05) is 13.8 Å². The van der Waals surface area contributed by atoms with Gasteiger partial charge in [0.1, 0.15) is 6.04 Å². The van der Waals surface area contributed by atoms with Gasteiger partial charge in [0.25, 0.3) is 0 Å². The molecule has 0 radical (unpaired) electrons. The third-order valence-electron chi connectivity index (χ3n) is 1.62. The van der Waals surface area contributed by atoms with E-state index < -0.39 is 0 Å². The molecular weight excluding hydrogens is 156 g/mol. The van der Waals surface area contributed by atoms with Gasteiger partial charge in [-0.05, 0) is 20.3 Å². The molecule has 1 atom stereocenters. The van der Waals surface area contributed by atoms with Crippen molar-refractivity contribution < 1.29 is 9.53 Å². The molecule has 0 aromatic carbocycles. The number of aliphatic imine (C=N–C) groups is 1. The lowest BCUT2D eigenvalue weighted by Crippen LogP contribution is -2.22. The van der Waals surface area contributed by atoms with Crippen molar-refractivity contribution in [3.63, 3.8) is 0 Å². The van der Waals surface area contributed by atoms with Gasteiger partial charge in [-0.15, -0.1) is 0 Å². The highest BCUT2D eigenvalue weighted by Gasteiger charge is 2.24. The quantitative estimate of drug-likeness (QED) is 0.612. The van der Waals surface area contributed by atoms with E-state index in [1.165, 1.54) is 0 Å². The minimum absolute atomic E-state index is 0.0745. The van der Waals surface area contributed by atoms with Gasteiger partial charge in [0, 0.05) is 6.42 Å². The Labute approximate surface area is 71.8 Å².